The van der Waals surface area contributed by atoms with Gasteiger partial charge in [0, 0.05) is 10.6 Å². The molecule has 0 N–H and O–H groups in total. The van der Waals surface area contributed by atoms with Gasteiger partial charge in [0.2, 0.25) is 0 Å². The molecule has 0 aliphatic rings. The number of rotatable bonds is 4. The summed E-state index contributed by atoms with van der Waals surface area (Å²) < 4.78 is 5.45. The van der Waals surface area contributed by atoms with Crippen LogP contribution in [0.1, 0.15) is 13.8 Å². The highest BCUT2D eigenvalue weighted by Crippen LogP contribution is 2.30. The van der Waals surface area contributed by atoms with Gasteiger partial charge < -0.3 is 4.74 Å². The van der Waals surface area contributed by atoms with E-state index in [0.717, 1.165) is 12.4 Å². The fourth-order valence-electron chi connectivity index (χ4n) is 0.949. The molecule has 0 aromatic heterocycles. The Hall–Kier alpha value is -0.630. The summed E-state index contributed by atoms with van der Waals surface area (Å²) in [5, 5.41) is 0. The Balaban J connectivity index is 2.77. The second kappa shape index (κ2) is 5.09. The van der Waals surface area contributed by atoms with Gasteiger partial charge in [0.25, 0.3) is 0 Å². The quantitative estimate of drug-likeness (QED) is 0.659. The molecule has 1 aromatic rings. The summed E-state index contributed by atoms with van der Waals surface area (Å²) in [4.78, 5) is 1.18. The molecule has 0 fully saturated rings. The number of benzene rings is 1. The highest BCUT2D eigenvalue weighted by Gasteiger charge is 2.00. The third-order valence-corrected chi connectivity index (χ3v) is 2.22. The van der Waals surface area contributed by atoms with Crippen molar-refractivity contribution in [2.45, 2.75) is 18.7 Å². The molecule has 1 radical (unpaired) electrons. The van der Waals surface area contributed by atoms with Crippen LogP contribution in [0, 0.1) is 5.75 Å². The number of para-hydroxylation sites is 1. The molecule has 0 aliphatic carbocycles. The molecule has 1 rings (SSSR count). The first-order chi connectivity index (χ1) is 5.88. The summed E-state index contributed by atoms with van der Waals surface area (Å²) in [5.41, 5.74) is 0. The Bertz CT molecular complexity index is 210. The molecule has 0 saturated heterocycles. The zero-order valence-electron chi connectivity index (χ0n) is 7.41. The predicted molar refractivity (Wildman–Crippen MR) is 53.4 cm³/mol. The third kappa shape index (κ3) is 2.45. The van der Waals surface area contributed by atoms with Crippen molar-refractivity contribution in [3.05, 3.63) is 30.0 Å². The molecular weight excluding hydrogens is 168 g/mol. The maximum Gasteiger partial charge on any atom is 0.132 e. The van der Waals surface area contributed by atoms with E-state index in [1.165, 1.54) is 4.90 Å². The van der Waals surface area contributed by atoms with Crippen LogP contribution in [0.4, 0.5) is 0 Å². The first-order valence-electron chi connectivity index (χ1n) is 4.04. The zero-order chi connectivity index (χ0) is 8.81. The average molecular weight is 181 g/mol. The molecule has 1 nitrogen and oxygen atoms in total. The molecule has 0 atom stereocenters. The van der Waals surface area contributed by atoms with Crippen molar-refractivity contribution in [2.75, 3.05) is 6.61 Å². The second-order valence-corrected chi connectivity index (χ2v) is 3.38. The summed E-state index contributed by atoms with van der Waals surface area (Å²) in [6.07, 6.45) is 0. The summed E-state index contributed by atoms with van der Waals surface area (Å²) in [6.45, 7) is 4.74. The maximum atomic E-state index is 5.45. The lowest BCUT2D eigenvalue weighted by Gasteiger charge is -2.07. The van der Waals surface area contributed by atoms with Gasteiger partial charge in [-0.05, 0) is 19.1 Å². The van der Waals surface area contributed by atoms with Crippen molar-refractivity contribution in [2.24, 2.45) is 0 Å². The predicted octanol–water partition coefficient (Wildman–Crippen LogP) is 3.36. The Morgan fingerprint density at radius 2 is 2.17 bits per heavy atom. The van der Waals surface area contributed by atoms with Crippen LogP contribution in [0.25, 0.3) is 0 Å². The molecule has 2 heteroatoms. The summed E-state index contributed by atoms with van der Waals surface area (Å²) >= 11 is 1.69. The van der Waals surface area contributed by atoms with E-state index in [4.69, 9.17) is 4.74 Å². The smallest absolute Gasteiger partial charge is 0.132 e. The highest BCUT2D eigenvalue weighted by atomic mass is 32.2. The summed E-state index contributed by atoms with van der Waals surface area (Å²) in [6, 6.07) is 8.07. The lowest BCUT2D eigenvalue weighted by atomic mass is 10.3. The summed E-state index contributed by atoms with van der Waals surface area (Å²) in [7, 11) is 0. The minimum Gasteiger partial charge on any atom is -0.493 e. The minimum absolute atomic E-state index is 0.723. The van der Waals surface area contributed by atoms with Crippen LogP contribution >= 0.6 is 11.8 Å². The van der Waals surface area contributed by atoms with E-state index in [2.05, 4.69) is 11.8 Å². The topological polar surface area (TPSA) is 9.23 Å². The van der Waals surface area contributed by atoms with E-state index in [0.29, 0.717) is 0 Å². The maximum absolute atomic E-state index is 5.45. The third-order valence-electron chi connectivity index (χ3n) is 1.39. The number of thioether (sulfide) groups is 1. The van der Waals surface area contributed by atoms with Crippen LogP contribution in [0.2, 0.25) is 0 Å². The van der Waals surface area contributed by atoms with Gasteiger partial charge in [-0.25, -0.2) is 0 Å². The second-order valence-electron chi connectivity index (χ2n) is 2.23. The lowest BCUT2D eigenvalue weighted by molar-refractivity contribution is 0.332. The van der Waals surface area contributed by atoms with Gasteiger partial charge in [-0.1, -0.05) is 19.1 Å². The van der Waals surface area contributed by atoms with Gasteiger partial charge in [-0.2, -0.15) is 0 Å². The monoisotopic (exact) mass is 181 g/mol. The lowest BCUT2D eigenvalue weighted by Crippen LogP contribution is -1.92. The van der Waals surface area contributed by atoms with Crippen LogP contribution in [0.3, 0.4) is 0 Å². The highest BCUT2D eigenvalue weighted by molar-refractivity contribution is 8.01. The Kier molecular flexibility index (Phi) is 4.01. The molecule has 0 bridgehead atoms. The van der Waals surface area contributed by atoms with Gasteiger partial charge in [0.15, 0.2) is 0 Å². The summed E-state index contributed by atoms with van der Waals surface area (Å²) in [5.74, 6) is 3.03. The molecule has 0 unspecified atom stereocenters. The minimum atomic E-state index is 0.723. The van der Waals surface area contributed by atoms with Crippen molar-refractivity contribution < 1.29 is 4.74 Å². The van der Waals surface area contributed by atoms with Crippen LogP contribution in [-0.4, -0.2) is 6.61 Å². The van der Waals surface area contributed by atoms with Gasteiger partial charge >= 0.3 is 0 Å². The molecule has 65 valence electrons. The average Bonchev–Trinajstić information content (AvgIpc) is 2.09. The van der Waals surface area contributed by atoms with E-state index in [-0.39, 0.29) is 0 Å². The van der Waals surface area contributed by atoms with Crippen molar-refractivity contribution in [3.63, 3.8) is 0 Å². The SMILES string of the molecule is C[CH]Sc1ccccc1OCC. The van der Waals surface area contributed by atoms with Crippen molar-refractivity contribution >= 4 is 11.8 Å². The van der Waals surface area contributed by atoms with Gasteiger partial charge in [-0.3, -0.25) is 0 Å². The van der Waals surface area contributed by atoms with E-state index in [9.17, 15) is 0 Å². The van der Waals surface area contributed by atoms with Gasteiger partial charge in [0.05, 0.1) is 6.61 Å². The number of hydrogen-bond donors (Lipinski definition) is 0. The van der Waals surface area contributed by atoms with Crippen LogP contribution in [0.15, 0.2) is 29.2 Å². The van der Waals surface area contributed by atoms with E-state index < -0.39 is 0 Å². The Morgan fingerprint density at radius 3 is 2.83 bits per heavy atom. The molecule has 0 saturated carbocycles. The molecule has 0 aliphatic heterocycles. The van der Waals surface area contributed by atoms with Gasteiger partial charge in [-0.15, -0.1) is 11.8 Å². The van der Waals surface area contributed by atoms with E-state index in [1.54, 1.807) is 11.8 Å². The molecule has 0 amide bonds. The number of ether oxygens (including phenoxy) is 1. The first kappa shape index (κ1) is 9.46. The van der Waals surface area contributed by atoms with Gasteiger partial charge in [0.1, 0.15) is 5.75 Å². The normalized spacial score (nSPS) is 9.83. The van der Waals surface area contributed by atoms with Crippen LogP contribution in [-0.2, 0) is 0 Å². The van der Waals surface area contributed by atoms with E-state index in [1.807, 2.05) is 32.0 Å². The molecule has 12 heavy (non-hydrogen) atoms. The first-order valence-corrected chi connectivity index (χ1v) is 4.92. The number of hydrogen-bond acceptors (Lipinski definition) is 2. The van der Waals surface area contributed by atoms with Crippen molar-refractivity contribution in [3.8, 4) is 5.75 Å². The Labute approximate surface area is 78.1 Å². The van der Waals surface area contributed by atoms with E-state index >= 15 is 0 Å². The Morgan fingerprint density at radius 1 is 1.42 bits per heavy atom. The molecular formula is C10H13OS. The fourth-order valence-corrected chi connectivity index (χ4v) is 1.60. The van der Waals surface area contributed by atoms with Crippen LogP contribution < -0.4 is 4.74 Å². The fraction of sp³-hybridized carbons (Fsp3) is 0.300. The van der Waals surface area contributed by atoms with Crippen molar-refractivity contribution in [1.29, 1.82) is 0 Å². The zero-order valence-corrected chi connectivity index (χ0v) is 8.23. The van der Waals surface area contributed by atoms with Crippen molar-refractivity contribution in [1.82, 2.24) is 0 Å². The molecule has 0 spiro atoms. The molecule has 1 aromatic carbocycles. The standard InChI is InChI=1S/C10H13OS/c1-3-11-9-7-5-6-8-10(9)12-4-2/h4-8H,3H2,1-2H3. The largest absolute Gasteiger partial charge is 0.493 e. The van der Waals surface area contributed by atoms with Crippen LogP contribution in [0.5, 0.6) is 5.75 Å². The molecule has 0 heterocycles.